The van der Waals surface area contributed by atoms with Crippen molar-refractivity contribution >= 4 is 17.5 Å². The summed E-state index contributed by atoms with van der Waals surface area (Å²) in [7, 11) is 1.41. The van der Waals surface area contributed by atoms with Gasteiger partial charge in [0.1, 0.15) is 0 Å². The Morgan fingerprint density at radius 3 is 2.84 bits per heavy atom. The second-order valence-electron chi connectivity index (χ2n) is 3.96. The van der Waals surface area contributed by atoms with Crippen LogP contribution in [-0.4, -0.2) is 34.1 Å². The summed E-state index contributed by atoms with van der Waals surface area (Å²) < 4.78 is 4.90. The molecule has 0 aliphatic rings. The number of methoxy groups -OCH3 is 1. The highest BCUT2D eigenvalue weighted by atomic mass is 16.6. The van der Waals surface area contributed by atoms with E-state index in [9.17, 15) is 14.9 Å². The fourth-order valence-electron chi connectivity index (χ4n) is 1.45. The summed E-state index contributed by atoms with van der Waals surface area (Å²) in [5, 5.41) is 22.3. The number of hydrogen-bond acceptors (Lipinski definition) is 6. The van der Waals surface area contributed by atoms with Crippen molar-refractivity contribution in [2.75, 3.05) is 12.4 Å². The highest BCUT2D eigenvalue weighted by Crippen LogP contribution is 2.25. The molecule has 0 bridgehead atoms. The molecule has 1 atom stereocenters. The quantitative estimate of drug-likeness (QED) is 0.571. The zero-order valence-electron chi connectivity index (χ0n) is 10.6. The van der Waals surface area contributed by atoms with Gasteiger partial charge in [0.2, 0.25) is 11.7 Å². The maximum Gasteiger partial charge on any atom is 0.311 e. The van der Waals surface area contributed by atoms with E-state index in [0.717, 1.165) is 0 Å². The lowest BCUT2D eigenvalue weighted by Crippen LogP contribution is -2.18. The topological polar surface area (TPSA) is 115 Å². The smallest absolute Gasteiger partial charge is 0.311 e. The molecule has 1 heterocycles. The highest BCUT2D eigenvalue weighted by molar-refractivity contribution is 5.66. The van der Waals surface area contributed by atoms with Crippen LogP contribution in [0.1, 0.15) is 19.8 Å². The number of nitrogens with zero attached hydrogens (tertiary/aromatic N) is 2. The zero-order chi connectivity index (χ0) is 14.4. The minimum atomic E-state index is -0.915. The predicted octanol–water partition coefficient (Wildman–Crippen LogP) is 1.66. The van der Waals surface area contributed by atoms with Gasteiger partial charge in [-0.25, -0.2) is 0 Å². The Labute approximate surface area is 109 Å². The van der Waals surface area contributed by atoms with Gasteiger partial charge in [0.05, 0.1) is 12.0 Å². The molecule has 1 aromatic rings. The molecule has 0 aromatic carbocycles. The number of hydrogen-bond donors (Lipinski definition) is 2. The van der Waals surface area contributed by atoms with Gasteiger partial charge in [0, 0.05) is 24.6 Å². The SMILES string of the molecule is COc1ccc([N+](=O)[O-])c(NC(C)CCC(=O)O)n1. The van der Waals surface area contributed by atoms with Gasteiger partial charge in [-0.3, -0.25) is 14.9 Å². The van der Waals surface area contributed by atoms with Gasteiger partial charge >= 0.3 is 11.7 Å². The Balaban J connectivity index is 2.84. The van der Waals surface area contributed by atoms with Crippen molar-refractivity contribution in [3.8, 4) is 5.88 Å². The third-order valence-corrected chi connectivity index (χ3v) is 2.43. The molecule has 1 aromatic heterocycles. The number of carboxylic acid groups (broad SMARTS) is 1. The second-order valence-corrected chi connectivity index (χ2v) is 3.96. The molecule has 0 aliphatic heterocycles. The summed E-state index contributed by atoms with van der Waals surface area (Å²) in [4.78, 5) is 24.7. The molecule has 0 amide bonds. The molecule has 104 valence electrons. The molecule has 0 saturated heterocycles. The Kier molecular flexibility index (Phi) is 5.04. The third kappa shape index (κ3) is 4.41. The van der Waals surface area contributed by atoms with Crippen LogP contribution in [0.5, 0.6) is 5.88 Å². The molecule has 0 radical (unpaired) electrons. The average Bonchev–Trinajstić information content (AvgIpc) is 2.35. The number of carbonyl (C=O) groups is 1. The molecule has 0 saturated carbocycles. The van der Waals surface area contributed by atoms with E-state index in [2.05, 4.69) is 10.3 Å². The van der Waals surface area contributed by atoms with Crippen LogP contribution in [0.15, 0.2) is 12.1 Å². The van der Waals surface area contributed by atoms with E-state index >= 15 is 0 Å². The van der Waals surface area contributed by atoms with E-state index in [-0.39, 0.29) is 29.8 Å². The molecular formula is C11H15N3O5. The lowest BCUT2D eigenvalue weighted by atomic mass is 10.2. The van der Waals surface area contributed by atoms with Gasteiger partial charge in [-0.05, 0) is 13.3 Å². The molecule has 8 heteroatoms. The van der Waals surface area contributed by atoms with E-state index < -0.39 is 10.9 Å². The summed E-state index contributed by atoms with van der Waals surface area (Å²) in [6.45, 7) is 1.73. The summed E-state index contributed by atoms with van der Waals surface area (Å²) in [5.41, 5.74) is -0.178. The number of rotatable bonds is 7. The molecular weight excluding hydrogens is 254 g/mol. The van der Waals surface area contributed by atoms with Crippen molar-refractivity contribution in [3.63, 3.8) is 0 Å². The molecule has 19 heavy (non-hydrogen) atoms. The van der Waals surface area contributed by atoms with E-state index in [1.54, 1.807) is 6.92 Å². The van der Waals surface area contributed by atoms with Crippen molar-refractivity contribution in [2.45, 2.75) is 25.8 Å². The summed E-state index contributed by atoms with van der Waals surface area (Å²) in [5.74, 6) is -0.595. The van der Waals surface area contributed by atoms with E-state index in [1.807, 2.05) is 0 Å². The van der Waals surface area contributed by atoms with Crippen LogP contribution in [0.25, 0.3) is 0 Å². The fourth-order valence-corrected chi connectivity index (χ4v) is 1.45. The van der Waals surface area contributed by atoms with Gasteiger partial charge in [-0.1, -0.05) is 0 Å². The molecule has 0 fully saturated rings. The zero-order valence-corrected chi connectivity index (χ0v) is 10.6. The summed E-state index contributed by atoms with van der Waals surface area (Å²) in [6.07, 6.45) is 0.317. The Morgan fingerprint density at radius 1 is 1.63 bits per heavy atom. The lowest BCUT2D eigenvalue weighted by molar-refractivity contribution is -0.384. The van der Waals surface area contributed by atoms with Crippen LogP contribution in [-0.2, 0) is 4.79 Å². The van der Waals surface area contributed by atoms with E-state index in [1.165, 1.54) is 19.2 Å². The standard InChI is InChI=1S/C11H15N3O5/c1-7(3-6-10(15)16)12-11-8(14(17)18)4-5-9(13-11)19-2/h4-5,7H,3,6H2,1-2H3,(H,12,13)(H,15,16). The van der Waals surface area contributed by atoms with Crippen molar-refractivity contribution in [1.82, 2.24) is 4.98 Å². The molecule has 0 aliphatic carbocycles. The van der Waals surface area contributed by atoms with Crippen molar-refractivity contribution in [3.05, 3.63) is 22.2 Å². The summed E-state index contributed by atoms with van der Waals surface area (Å²) in [6, 6.07) is 2.43. The number of nitrogens with one attached hydrogen (secondary N) is 1. The lowest BCUT2D eigenvalue weighted by Gasteiger charge is -2.13. The van der Waals surface area contributed by atoms with Crippen molar-refractivity contribution < 1.29 is 19.6 Å². The van der Waals surface area contributed by atoms with Gasteiger partial charge in [0.15, 0.2) is 0 Å². The second kappa shape index (κ2) is 6.53. The number of ether oxygens (including phenoxy) is 1. The molecule has 0 spiro atoms. The van der Waals surface area contributed by atoms with Gasteiger partial charge in [-0.2, -0.15) is 4.98 Å². The maximum absolute atomic E-state index is 10.9. The van der Waals surface area contributed by atoms with E-state index in [4.69, 9.17) is 9.84 Å². The van der Waals surface area contributed by atoms with Crippen molar-refractivity contribution in [2.24, 2.45) is 0 Å². The van der Waals surface area contributed by atoms with Crippen LogP contribution in [0, 0.1) is 10.1 Å². The first-order valence-electron chi connectivity index (χ1n) is 5.61. The number of pyridine rings is 1. The van der Waals surface area contributed by atoms with Gasteiger partial charge in [-0.15, -0.1) is 0 Å². The van der Waals surface area contributed by atoms with Crippen molar-refractivity contribution in [1.29, 1.82) is 0 Å². The molecule has 8 nitrogen and oxygen atoms in total. The molecule has 1 rings (SSSR count). The van der Waals surface area contributed by atoms with Crippen LogP contribution in [0.3, 0.4) is 0 Å². The van der Waals surface area contributed by atoms with Crippen LogP contribution in [0.4, 0.5) is 11.5 Å². The first kappa shape index (κ1) is 14.7. The Hall–Kier alpha value is -2.38. The Bertz CT molecular complexity index is 477. The van der Waals surface area contributed by atoms with Gasteiger partial charge in [0.25, 0.3) is 0 Å². The molecule has 2 N–H and O–H groups in total. The number of aliphatic carboxylic acids is 1. The number of anilines is 1. The first-order valence-corrected chi connectivity index (χ1v) is 5.61. The maximum atomic E-state index is 10.9. The molecule has 1 unspecified atom stereocenters. The van der Waals surface area contributed by atoms with Crippen LogP contribution < -0.4 is 10.1 Å². The minimum Gasteiger partial charge on any atom is -0.481 e. The minimum absolute atomic E-state index is 0.0219. The first-order chi connectivity index (χ1) is 8.93. The number of nitro groups is 1. The Morgan fingerprint density at radius 2 is 2.32 bits per heavy atom. The average molecular weight is 269 g/mol. The normalized spacial score (nSPS) is 11.7. The summed E-state index contributed by atoms with van der Waals surface area (Å²) >= 11 is 0. The number of carboxylic acids is 1. The fraction of sp³-hybridized carbons (Fsp3) is 0.455. The van der Waals surface area contributed by atoms with Gasteiger partial charge < -0.3 is 15.2 Å². The third-order valence-electron chi connectivity index (χ3n) is 2.43. The number of aromatic nitrogens is 1. The largest absolute Gasteiger partial charge is 0.481 e. The predicted molar refractivity (Wildman–Crippen MR) is 67.4 cm³/mol. The van der Waals surface area contributed by atoms with Crippen LogP contribution in [0.2, 0.25) is 0 Å². The van der Waals surface area contributed by atoms with E-state index in [0.29, 0.717) is 6.42 Å². The van der Waals surface area contributed by atoms with Crippen LogP contribution >= 0.6 is 0 Å². The monoisotopic (exact) mass is 269 g/mol. The highest BCUT2D eigenvalue weighted by Gasteiger charge is 2.18.